The Morgan fingerprint density at radius 3 is 2.57 bits per heavy atom. The zero-order chi connectivity index (χ0) is 15.1. The van der Waals surface area contributed by atoms with Crippen LogP contribution in [-0.2, 0) is 4.79 Å². The lowest BCUT2D eigenvalue weighted by Crippen LogP contribution is -2.46. The summed E-state index contributed by atoms with van der Waals surface area (Å²) in [5.74, 6) is 0.0617. The van der Waals surface area contributed by atoms with Crippen molar-refractivity contribution >= 4 is 23.4 Å². The van der Waals surface area contributed by atoms with Crippen LogP contribution in [0.5, 0.6) is 0 Å². The monoisotopic (exact) mass is 308 g/mol. The lowest BCUT2D eigenvalue weighted by molar-refractivity contribution is -0.116. The fourth-order valence-electron chi connectivity index (χ4n) is 2.39. The van der Waals surface area contributed by atoms with Crippen molar-refractivity contribution in [1.82, 2.24) is 14.8 Å². The van der Waals surface area contributed by atoms with Crippen LogP contribution in [0.1, 0.15) is 13.3 Å². The van der Waals surface area contributed by atoms with Crippen LogP contribution in [-0.4, -0.2) is 66.2 Å². The average molecular weight is 308 g/mol. The first kappa shape index (κ1) is 16.3. The summed E-state index contributed by atoms with van der Waals surface area (Å²) >= 11 is 1.59. The summed E-state index contributed by atoms with van der Waals surface area (Å²) < 4.78 is 0. The number of pyridine rings is 1. The summed E-state index contributed by atoms with van der Waals surface area (Å²) in [6.45, 7) is 8.49. The molecule has 1 fully saturated rings. The van der Waals surface area contributed by atoms with Gasteiger partial charge in [-0.3, -0.25) is 4.79 Å². The van der Waals surface area contributed by atoms with E-state index in [9.17, 15) is 4.79 Å². The highest BCUT2D eigenvalue weighted by molar-refractivity contribution is 7.98. The van der Waals surface area contributed by atoms with E-state index in [2.05, 4.69) is 27.0 Å². The molecule has 0 bridgehead atoms. The first-order valence-electron chi connectivity index (χ1n) is 7.46. The highest BCUT2D eigenvalue weighted by Gasteiger charge is 2.16. The number of amides is 1. The Kier molecular flexibility index (Phi) is 6.48. The summed E-state index contributed by atoms with van der Waals surface area (Å²) in [6, 6.07) is 3.82. The van der Waals surface area contributed by atoms with E-state index in [-0.39, 0.29) is 5.91 Å². The molecule has 1 aliphatic heterocycles. The lowest BCUT2D eigenvalue weighted by atomic mass is 10.2. The standard InChI is InChI=1S/C15H24N4OS/c1-3-18-8-10-19(11-9-18)7-6-14(20)17-13-4-5-15(21-2)16-12-13/h4-5,12H,3,6-11H2,1-2H3,(H,17,20). The topological polar surface area (TPSA) is 48.5 Å². The molecule has 1 amide bonds. The van der Waals surface area contributed by atoms with E-state index in [0.29, 0.717) is 6.42 Å². The number of aromatic nitrogens is 1. The highest BCUT2D eigenvalue weighted by atomic mass is 32.2. The normalized spacial score (nSPS) is 16.9. The number of nitrogens with one attached hydrogen (secondary N) is 1. The van der Waals surface area contributed by atoms with Crippen molar-refractivity contribution in [3.63, 3.8) is 0 Å². The summed E-state index contributed by atoms with van der Waals surface area (Å²) in [7, 11) is 0. The molecule has 5 nitrogen and oxygen atoms in total. The van der Waals surface area contributed by atoms with E-state index >= 15 is 0 Å². The third-order valence-electron chi connectivity index (χ3n) is 3.80. The van der Waals surface area contributed by atoms with E-state index in [1.54, 1.807) is 18.0 Å². The quantitative estimate of drug-likeness (QED) is 0.812. The van der Waals surface area contributed by atoms with Gasteiger partial charge in [0.05, 0.1) is 16.9 Å². The van der Waals surface area contributed by atoms with Crippen LogP contribution in [0.25, 0.3) is 0 Å². The minimum Gasteiger partial charge on any atom is -0.325 e. The van der Waals surface area contributed by atoms with Gasteiger partial charge in [-0.05, 0) is 24.9 Å². The molecule has 2 rings (SSSR count). The highest BCUT2D eigenvalue weighted by Crippen LogP contribution is 2.14. The van der Waals surface area contributed by atoms with Crippen molar-refractivity contribution in [2.24, 2.45) is 0 Å². The fourth-order valence-corrected chi connectivity index (χ4v) is 2.75. The molecule has 6 heteroatoms. The molecule has 0 unspecified atom stereocenters. The van der Waals surface area contributed by atoms with Gasteiger partial charge in [-0.25, -0.2) is 4.98 Å². The molecule has 0 spiro atoms. The predicted octanol–water partition coefficient (Wildman–Crippen LogP) is 1.77. The van der Waals surface area contributed by atoms with Gasteiger partial charge < -0.3 is 15.1 Å². The molecule has 1 saturated heterocycles. The van der Waals surface area contributed by atoms with Crippen LogP contribution in [0, 0.1) is 0 Å². The SMILES string of the molecule is CCN1CCN(CCC(=O)Nc2ccc(SC)nc2)CC1. The number of likely N-dealkylation sites (N-methyl/N-ethyl adjacent to an activating group) is 1. The van der Waals surface area contributed by atoms with Crippen LogP contribution < -0.4 is 5.32 Å². The van der Waals surface area contributed by atoms with Crippen LogP contribution in [0.4, 0.5) is 5.69 Å². The molecule has 0 radical (unpaired) electrons. The summed E-state index contributed by atoms with van der Waals surface area (Å²) in [6.07, 6.45) is 4.24. The lowest BCUT2D eigenvalue weighted by Gasteiger charge is -2.33. The third kappa shape index (κ3) is 5.30. The van der Waals surface area contributed by atoms with Crippen LogP contribution in [0.3, 0.4) is 0 Å². The number of anilines is 1. The van der Waals surface area contributed by atoms with Crippen LogP contribution in [0.2, 0.25) is 0 Å². The minimum atomic E-state index is 0.0617. The molecule has 1 N–H and O–H groups in total. The largest absolute Gasteiger partial charge is 0.325 e. The number of rotatable bonds is 6. The zero-order valence-electron chi connectivity index (χ0n) is 12.8. The molecule has 0 atom stereocenters. The number of thioether (sulfide) groups is 1. The van der Waals surface area contributed by atoms with Gasteiger partial charge in [0.25, 0.3) is 0 Å². The van der Waals surface area contributed by atoms with Crippen molar-refractivity contribution < 1.29 is 4.79 Å². The van der Waals surface area contributed by atoms with Crippen molar-refractivity contribution in [3.05, 3.63) is 18.3 Å². The second-order valence-electron chi connectivity index (χ2n) is 5.16. The Morgan fingerprint density at radius 2 is 2.00 bits per heavy atom. The Balaban J connectivity index is 1.69. The van der Waals surface area contributed by atoms with Crippen LogP contribution >= 0.6 is 11.8 Å². The van der Waals surface area contributed by atoms with Gasteiger partial charge in [0.1, 0.15) is 0 Å². The predicted molar refractivity (Wildman–Crippen MR) is 87.8 cm³/mol. The Hall–Kier alpha value is -1.11. The first-order valence-corrected chi connectivity index (χ1v) is 8.68. The smallest absolute Gasteiger partial charge is 0.225 e. The summed E-state index contributed by atoms with van der Waals surface area (Å²) in [4.78, 5) is 21.0. The Labute approximate surface area is 131 Å². The molecule has 116 valence electrons. The Bertz CT molecular complexity index is 443. The molecule has 1 aromatic heterocycles. The van der Waals surface area contributed by atoms with Gasteiger partial charge in [-0.15, -0.1) is 11.8 Å². The number of carbonyl (C=O) groups excluding carboxylic acids is 1. The average Bonchev–Trinajstić information content (AvgIpc) is 2.54. The molecule has 1 aliphatic rings. The van der Waals surface area contributed by atoms with Gasteiger partial charge in [0, 0.05) is 39.1 Å². The van der Waals surface area contributed by atoms with Gasteiger partial charge in [-0.2, -0.15) is 0 Å². The van der Waals surface area contributed by atoms with Crippen molar-refractivity contribution in [2.75, 3.05) is 50.8 Å². The maximum Gasteiger partial charge on any atom is 0.225 e. The van der Waals surface area contributed by atoms with Crippen molar-refractivity contribution in [3.8, 4) is 0 Å². The third-order valence-corrected chi connectivity index (χ3v) is 4.46. The Morgan fingerprint density at radius 1 is 1.29 bits per heavy atom. The maximum absolute atomic E-state index is 11.9. The summed E-state index contributed by atoms with van der Waals surface area (Å²) in [5, 5.41) is 3.86. The van der Waals surface area contributed by atoms with Gasteiger partial charge in [0.2, 0.25) is 5.91 Å². The van der Waals surface area contributed by atoms with Crippen molar-refractivity contribution in [1.29, 1.82) is 0 Å². The minimum absolute atomic E-state index is 0.0617. The molecule has 2 heterocycles. The molecule has 0 aliphatic carbocycles. The number of piperazine rings is 1. The van der Waals surface area contributed by atoms with Gasteiger partial charge >= 0.3 is 0 Å². The van der Waals surface area contributed by atoms with Crippen molar-refractivity contribution in [2.45, 2.75) is 18.4 Å². The molecular weight excluding hydrogens is 284 g/mol. The second kappa shape index (κ2) is 8.36. The molecule has 1 aromatic rings. The van der Waals surface area contributed by atoms with Gasteiger partial charge in [-0.1, -0.05) is 6.92 Å². The number of carbonyl (C=O) groups is 1. The maximum atomic E-state index is 11.9. The van der Waals surface area contributed by atoms with Gasteiger partial charge in [0.15, 0.2) is 0 Å². The molecule has 0 saturated carbocycles. The van der Waals surface area contributed by atoms with Crippen LogP contribution in [0.15, 0.2) is 23.4 Å². The number of nitrogens with zero attached hydrogens (tertiary/aromatic N) is 3. The second-order valence-corrected chi connectivity index (χ2v) is 5.99. The first-order chi connectivity index (χ1) is 10.2. The van der Waals surface area contributed by atoms with E-state index < -0.39 is 0 Å². The summed E-state index contributed by atoms with van der Waals surface area (Å²) in [5.41, 5.74) is 0.772. The zero-order valence-corrected chi connectivity index (χ0v) is 13.7. The number of hydrogen-bond acceptors (Lipinski definition) is 5. The number of hydrogen-bond donors (Lipinski definition) is 1. The van der Waals surface area contributed by atoms with E-state index in [1.165, 1.54) is 0 Å². The van der Waals surface area contributed by atoms with E-state index in [0.717, 1.165) is 50.0 Å². The molecule has 21 heavy (non-hydrogen) atoms. The van der Waals surface area contributed by atoms with E-state index in [1.807, 2.05) is 18.4 Å². The molecule has 0 aromatic carbocycles. The molecular formula is C15H24N4OS. The fraction of sp³-hybridized carbons (Fsp3) is 0.600. The van der Waals surface area contributed by atoms with E-state index in [4.69, 9.17) is 0 Å².